The van der Waals surface area contributed by atoms with Crippen molar-refractivity contribution in [3.05, 3.63) is 94.5 Å². The van der Waals surface area contributed by atoms with Gasteiger partial charge in [0.2, 0.25) is 0 Å². The number of carbonyl (C=O) groups excluding carboxylic acids is 1. The lowest BCUT2D eigenvalue weighted by Gasteiger charge is -2.39. The van der Waals surface area contributed by atoms with Crippen molar-refractivity contribution in [2.24, 2.45) is 0 Å². The van der Waals surface area contributed by atoms with Crippen LogP contribution in [0.15, 0.2) is 72.8 Å². The highest BCUT2D eigenvalue weighted by Gasteiger charge is 2.29. The van der Waals surface area contributed by atoms with Gasteiger partial charge in [0.05, 0.1) is 17.0 Å². The van der Waals surface area contributed by atoms with Crippen LogP contribution < -0.4 is 10.6 Å². The zero-order chi connectivity index (χ0) is 23.7. The van der Waals surface area contributed by atoms with Gasteiger partial charge in [0.25, 0.3) is 5.91 Å². The van der Waals surface area contributed by atoms with Crippen LogP contribution in [0.2, 0.25) is 5.02 Å². The molecule has 0 saturated carbocycles. The molecule has 0 aromatic heterocycles. The number of rotatable bonds is 5. The van der Waals surface area contributed by atoms with Crippen LogP contribution in [-0.4, -0.2) is 22.9 Å². The predicted octanol–water partition coefficient (Wildman–Crippen LogP) is 7.04. The van der Waals surface area contributed by atoms with Gasteiger partial charge in [0, 0.05) is 34.9 Å². The van der Waals surface area contributed by atoms with Crippen LogP contribution in [0.4, 0.5) is 11.4 Å². The maximum Gasteiger partial charge on any atom is 0.258 e. The number of hydrogen-bond donors (Lipinski definition) is 2. The van der Waals surface area contributed by atoms with Crippen LogP contribution in [-0.2, 0) is 11.3 Å². The Kier molecular flexibility index (Phi) is 6.44. The minimum Gasteiger partial charge on any atom is -0.354 e. The molecule has 2 aliphatic heterocycles. The summed E-state index contributed by atoms with van der Waals surface area (Å²) in [6, 6.07) is 25.3. The van der Waals surface area contributed by atoms with E-state index in [1.165, 1.54) is 24.8 Å². The van der Waals surface area contributed by atoms with Crippen LogP contribution in [0, 0.1) is 0 Å². The first-order valence-corrected chi connectivity index (χ1v) is 12.4. The fraction of sp³-hybridized carbons (Fsp3) is 0.276. The smallest absolute Gasteiger partial charge is 0.258 e. The number of hydrogen-bond acceptors (Lipinski definition) is 3. The first-order chi connectivity index (χ1) is 16.5. The molecule has 0 radical (unpaired) electrons. The van der Waals surface area contributed by atoms with Crippen molar-refractivity contribution in [2.75, 3.05) is 10.6 Å². The summed E-state index contributed by atoms with van der Waals surface area (Å²) < 4.78 is 0. The minimum atomic E-state index is -0.131. The highest BCUT2D eigenvalue weighted by molar-refractivity contribution is 6.38. The van der Waals surface area contributed by atoms with Crippen molar-refractivity contribution in [3.63, 3.8) is 0 Å². The molecule has 1 fully saturated rings. The highest BCUT2D eigenvalue weighted by Crippen LogP contribution is 2.38. The fourth-order valence-electron chi connectivity index (χ4n) is 5.11. The predicted molar refractivity (Wildman–Crippen MR) is 142 cm³/mol. The van der Waals surface area contributed by atoms with E-state index in [9.17, 15) is 4.79 Å². The quantitative estimate of drug-likeness (QED) is 0.392. The molecule has 1 amide bonds. The molecule has 2 unspecified atom stereocenters. The number of piperidine rings is 1. The largest absolute Gasteiger partial charge is 0.354 e. The van der Waals surface area contributed by atoms with Gasteiger partial charge in [0.15, 0.2) is 0 Å². The van der Waals surface area contributed by atoms with Crippen molar-refractivity contribution in [3.8, 4) is 0 Å². The zero-order valence-corrected chi connectivity index (χ0v) is 20.4. The molecular weight excluding hydrogens is 442 g/mol. The van der Waals surface area contributed by atoms with Crippen LogP contribution in [0.3, 0.4) is 0 Å². The van der Waals surface area contributed by atoms with Gasteiger partial charge in [-0.1, -0.05) is 66.6 Å². The Morgan fingerprint density at radius 2 is 1.71 bits per heavy atom. The van der Waals surface area contributed by atoms with Gasteiger partial charge in [0.1, 0.15) is 0 Å². The number of anilines is 2. The van der Waals surface area contributed by atoms with E-state index in [4.69, 9.17) is 11.6 Å². The summed E-state index contributed by atoms with van der Waals surface area (Å²) in [4.78, 5) is 15.6. The highest BCUT2D eigenvalue weighted by atomic mass is 35.5. The van der Waals surface area contributed by atoms with Crippen LogP contribution in [0.5, 0.6) is 0 Å². The molecule has 34 heavy (non-hydrogen) atoms. The van der Waals surface area contributed by atoms with Crippen molar-refractivity contribution >= 4 is 40.2 Å². The summed E-state index contributed by atoms with van der Waals surface area (Å²) in [5, 5.41) is 7.10. The summed E-state index contributed by atoms with van der Waals surface area (Å²) in [5.74, 6) is -0.131. The molecule has 2 heterocycles. The third-order valence-electron chi connectivity index (χ3n) is 7.00. The molecule has 4 nitrogen and oxygen atoms in total. The van der Waals surface area contributed by atoms with Crippen molar-refractivity contribution < 1.29 is 4.79 Å². The van der Waals surface area contributed by atoms with E-state index < -0.39 is 0 Å². The molecule has 3 aromatic carbocycles. The molecule has 2 aliphatic rings. The maximum absolute atomic E-state index is 13.0. The molecule has 2 N–H and O–H groups in total. The van der Waals surface area contributed by atoms with E-state index in [0.29, 0.717) is 22.7 Å². The molecule has 174 valence electrons. The molecule has 0 bridgehead atoms. The molecular formula is C29H30ClN3O. The van der Waals surface area contributed by atoms with Crippen LogP contribution >= 0.6 is 11.6 Å². The molecule has 3 aromatic rings. The molecule has 5 rings (SSSR count). The second kappa shape index (κ2) is 9.65. The number of carbonyl (C=O) groups is 1. The summed E-state index contributed by atoms with van der Waals surface area (Å²) in [6.45, 7) is 5.63. The van der Waals surface area contributed by atoms with E-state index in [2.05, 4.69) is 53.6 Å². The molecule has 2 atom stereocenters. The van der Waals surface area contributed by atoms with Gasteiger partial charge >= 0.3 is 0 Å². The standard InChI is InChI=1S/C29H30ClN3O/c1-19-7-6-8-20(2)33(19)18-21-11-14-24(15-12-21)31-28(22-9-4-3-5-10-22)27-25-16-13-23(30)17-26(25)32-29(27)34/h3-5,9-17,19-20,31H,6-8,18H2,1-2H3,(H,32,34)/b28-27-. The average molecular weight is 472 g/mol. The molecule has 1 saturated heterocycles. The Balaban J connectivity index is 1.46. The maximum atomic E-state index is 13.0. The second-order valence-electron chi connectivity index (χ2n) is 9.38. The Labute approximate surface area is 206 Å². The summed E-state index contributed by atoms with van der Waals surface area (Å²) in [7, 11) is 0. The van der Waals surface area contributed by atoms with Crippen molar-refractivity contribution in [1.29, 1.82) is 0 Å². The molecule has 0 aliphatic carbocycles. The lowest BCUT2D eigenvalue weighted by atomic mass is 9.96. The van der Waals surface area contributed by atoms with E-state index in [0.717, 1.165) is 34.7 Å². The first kappa shape index (κ1) is 22.7. The van der Waals surface area contributed by atoms with Crippen LogP contribution in [0.25, 0.3) is 11.3 Å². The minimum absolute atomic E-state index is 0.131. The summed E-state index contributed by atoms with van der Waals surface area (Å²) in [6.07, 6.45) is 3.86. The summed E-state index contributed by atoms with van der Waals surface area (Å²) in [5.41, 5.74) is 6.20. The second-order valence-corrected chi connectivity index (χ2v) is 9.82. The number of fused-ring (bicyclic) bond motifs is 1. The Bertz CT molecular complexity index is 1210. The monoisotopic (exact) mass is 471 g/mol. The van der Waals surface area contributed by atoms with Gasteiger partial charge in [-0.15, -0.1) is 0 Å². The van der Waals surface area contributed by atoms with Gasteiger partial charge in [-0.25, -0.2) is 0 Å². The van der Waals surface area contributed by atoms with Crippen molar-refractivity contribution in [2.45, 2.75) is 51.7 Å². The van der Waals surface area contributed by atoms with E-state index in [-0.39, 0.29) is 5.91 Å². The molecule has 5 heteroatoms. The first-order valence-electron chi connectivity index (χ1n) is 12.0. The fourth-order valence-corrected chi connectivity index (χ4v) is 5.28. The summed E-state index contributed by atoms with van der Waals surface area (Å²) >= 11 is 6.16. The normalized spacial score (nSPS) is 21.7. The zero-order valence-electron chi connectivity index (χ0n) is 19.6. The topological polar surface area (TPSA) is 44.4 Å². The Hall–Kier alpha value is -3.08. The lowest BCUT2D eigenvalue weighted by molar-refractivity contribution is -0.110. The number of amides is 1. The average Bonchev–Trinajstić information content (AvgIpc) is 3.16. The Morgan fingerprint density at radius 3 is 2.41 bits per heavy atom. The van der Waals surface area contributed by atoms with Gasteiger partial charge in [-0.2, -0.15) is 0 Å². The van der Waals surface area contributed by atoms with Gasteiger partial charge < -0.3 is 10.6 Å². The number of halogens is 1. The molecule has 0 spiro atoms. The number of nitrogens with zero attached hydrogens (tertiary/aromatic N) is 1. The third kappa shape index (κ3) is 4.61. The number of likely N-dealkylation sites (tertiary alicyclic amines) is 1. The van der Waals surface area contributed by atoms with Crippen LogP contribution in [0.1, 0.15) is 49.8 Å². The van der Waals surface area contributed by atoms with E-state index in [1.54, 1.807) is 6.07 Å². The Morgan fingerprint density at radius 1 is 1.00 bits per heavy atom. The van der Waals surface area contributed by atoms with Gasteiger partial charge in [-0.3, -0.25) is 9.69 Å². The van der Waals surface area contributed by atoms with E-state index >= 15 is 0 Å². The SMILES string of the molecule is CC1CCCC(C)N1Cc1ccc(N/C(=C2\C(=O)Nc3cc(Cl)ccc32)c2ccccc2)cc1. The number of nitrogens with one attached hydrogen (secondary N) is 2. The number of benzene rings is 3. The third-order valence-corrected chi connectivity index (χ3v) is 7.24. The lowest BCUT2D eigenvalue weighted by Crippen LogP contribution is -2.42. The van der Waals surface area contributed by atoms with Gasteiger partial charge in [-0.05, 0) is 62.1 Å². The van der Waals surface area contributed by atoms with Crippen molar-refractivity contribution in [1.82, 2.24) is 4.90 Å². The van der Waals surface area contributed by atoms with E-state index in [1.807, 2.05) is 42.5 Å².